The van der Waals surface area contributed by atoms with Gasteiger partial charge in [0.05, 0.1) is 5.02 Å². The maximum atomic E-state index is 12.9. The van der Waals surface area contributed by atoms with Crippen molar-refractivity contribution in [2.75, 3.05) is 10.6 Å². The number of hydrogen-bond acceptors (Lipinski definition) is 5. The number of rotatable bonds is 6. The number of halogens is 1. The van der Waals surface area contributed by atoms with Crippen LogP contribution in [0.4, 0.5) is 11.5 Å². The zero-order valence-electron chi connectivity index (χ0n) is 16.6. The molecule has 0 radical (unpaired) electrons. The largest absolute Gasteiger partial charge is 0.449 e. The van der Waals surface area contributed by atoms with Gasteiger partial charge in [-0.15, -0.1) is 0 Å². The number of carbonyl (C=O) groups excluding carboxylic acids is 3. The van der Waals surface area contributed by atoms with Crippen LogP contribution in [0.1, 0.15) is 36.2 Å². The van der Waals surface area contributed by atoms with E-state index >= 15 is 0 Å². The van der Waals surface area contributed by atoms with Crippen molar-refractivity contribution in [1.29, 1.82) is 0 Å². The van der Waals surface area contributed by atoms with Gasteiger partial charge in [-0.3, -0.25) is 14.4 Å². The molecule has 2 aromatic heterocycles. The molecule has 1 aliphatic rings. The Morgan fingerprint density at radius 3 is 2.55 bits per heavy atom. The lowest BCUT2D eigenvalue weighted by molar-refractivity contribution is -0.120. The van der Waals surface area contributed by atoms with E-state index in [1.54, 1.807) is 30.3 Å². The number of carbonyl (C=O) groups is 3. The van der Waals surface area contributed by atoms with E-state index < -0.39 is 5.91 Å². The second-order valence-electron chi connectivity index (χ2n) is 7.44. The molecule has 9 heteroatoms. The molecule has 1 fully saturated rings. The Morgan fingerprint density at radius 1 is 1.06 bits per heavy atom. The number of hydrogen-bond donors (Lipinski definition) is 3. The van der Waals surface area contributed by atoms with Gasteiger partial charge in [0.15, 0.2) is 0 Å². The Balaban J connectivity index is 1.55. The first-order valence-electron chi connectivity index (χ1n) is 10.00. The molecular weight excluding hydrogens is 420 g/mol. The fraction of sp³-hybridized carbons (Fsp3) is 0.273. The Bertz CT molecular complexity index is 1100. The van der Waals surface area contributed by atoms with Gasteiger partial charge < -0.3 is 20.4 Å². The summed E-state index contributed by atoms with van der Waals surface area (Å²) >= 11 is 5.84. The first kappa shape index (κ1) is 20.9. The predicted octanol–water partition coefficient (Wildman–Crippen LogP) is 3.98. The molecule has 160 valence electrons. The number of amides is 3. The molecule has 3 amide bonds. The number of benzene rings is 1. The monoisotopic (exact) mass is 440 g/mol. The highest BCUT2D eigenvalue weighted by atomic mass is 35.5. The summed E-state index contributed by atoms with van der Waals surface area (Å²) in [7, 11) is 0. The topological polar surface area (TPSA) is 113 Å². The molecule has 0 aliphatic heterocycles. The van der Waals surface area contributed by atoms with Gasteiger partial charge in [0.2, 0.25) is 18.1 Å². The quantitative estimate of drug-likeness (QED) is 0.502. The molecule has 1 saturated carbocycles. The summed E-state index contributed by atoms with van der Waals surface area (Å²) in [5.41, 5.74) is 0.825. The van der Waals surface area contributed by atoms with Crippen LogP contribution in [0.2, 0.25) is 5.02 Å². The Labute approximate surface area is 183 Å². The summed E-state index contributed by atoms with van der Waals surface area (Å²) < 4.78 is 5.76. The molecule has 3 N–H and O–H groups in total. The second-order valence-corrected chi connectivity index (χ2v) is 7.88. The molecule has 0 spiro atoms. The van der Waals surface area contributed by atoms with Gasteiger partial charge in [0, 0.05) is 23.5 Å². The Hall–Kier alpha value is -3.39. The number of aromatic nitrogens is 1. The number of pyridine rings is 1. The summed E-state index contributed by atoms with van der Waals surface area (Å²) in [5.74, 6) is -0.585. The lowest BCUT2D eigenvalue weighted by Crippen LogP contribution is -2.35. The molecule has 2 heterocycles. The van der Waals surface area contributed by atoms with Crippen LogP contribution < -0.4 is 16.0 Å². The smallest absolute Gasteiger partial charge is 0.294 e. The highest BCUT2D eigenvalue weighted by molar-refractivity contribution is 6.30. The van der Waals surface area contributed by atoms with Gasteiger partial charge in [-0.05, 0) is 49.9 Å². The molecule has 0 atom stereocenters. The van der Waals surface area contributed by atoms with Crippen LogP contribution in [0.25, 0.3) is 11.0 Å². The van der Waals surface area contributed by atoms with E-state index in [0.29, 0.717) is 46.7 Å². The highest BCUT2D eigenvalue weighted by Gasteiger charge is 2.29. The number of anilines is 2. The maximum Gasteiger partial charge on any atom is 0.294 e. The molecule has 1 aliphatic carbocycles. The van der Waals surface area contributed by atoms with Crippen molar-refractivity contribution in [2.45, 2.75) is 31.7 Å². The minimum atomic E-state index is -0.528. The van der Waals surface area contributed by atoms with Crippen LogP contribution in [0, 0.1) is 5.92 Å². The molecule has 1 aromatic carbocycles. The molecule has 31 heavy (non-hydrogen) atoms. The number of furan rings is 1. The van der Waals surface area contributed by atoms with Gasteiger partial charge in [-0.1, -0.05) is 23.7 Å². The van der Waals surface area contributed by atoms with Crippen molar-refractivity contribution in [2.24, 2.45) is 5.92 Å². The maximum absolute atomic E-state index is 12.9. The summed E-state index contributed by atoms with van der Waals surface area (Å²) in [6.45, 7) is 0. The van der Waals surface area contributed by atoms with Crippen molar-refractivity contribution >= 4 is 52.3 Å². The zero-order chi connectivity index (χ0) is 21.8. The highest BCUT2D eigenvalue weighted by Crippen LogP contribution is 2.33. The molecular formula is C22H21ClN4O4. The van der Waals surface area contributed by atoms with Crippen LogP contribution in [0.3, 0.4) is 0 Å². The van der Waals surface area contributed by atoms with E-state index in [1.807, 2.05) is 6.07 Å². The zero-order valence-corrected chi connectivity index (χ0v) is 17.3. The molecule has 4 rings (SSSR count). The number of nitrogens with one attached hydrogen (secondary N) is 3. The third-order valence-electron chi connectivity index (χ3n) is 5.42. The first-order chi connectivity index (χ1) is 15.0. The minimum absolute atomic E-state index is 0.00241. The van der Waals surface area contributed by atoms with Gasteiger partial charge in [-0.25, -0.2) is 4.98 Å². The predicted molar refractivity (Wildman–Crippen MR) is 117 cm³/mol. The summed E-state index contributed by atoms with van der Waals surface area (Å²) in [5, 5.41) is 9.43. The van der Waals surface area contributed by atoms with E-state index in [0.717, 1.165) is 12.8 Å². The number of fused-ring (bicyclic) bond motifs is 1. The minimum Gasteiger partial charge on any atom is -0.449 e. The van der Waals surface area contributed by atoms with E-state index in [4.69, 9.17) is 16.0 Å². The van der Waals surface area contributed by atoms with E-state index in [9.17, 15) is 14.4 Å². The summed E-state index contributed by atoms with van der Waals surface area (Å²) in [6.07, 6.45) is 4.90. The van der Waals surface area contributed by atoms with Gasteiger partial charge in [-0.2, -0.15) is 0 Å². The average Bonchev–Trinajstić information content (AvgIpc) is 3.15. The molecule has 8 nitrogen and oxygen atoms in total. The Kier molecular flexibility index (Phi) is 6.18. The lowest BCUT2D eigenvalue weighted by Gasteiger charge is -2.27. The van der Waals surface area contributed by atoms with Gasteiger partial charge >= 0.3 is 0 Å². The van der Waals surface area contributed by atoms with E-state index in [2.05, 4.69) is 20.9 Å². The van der Waals surface area contributed by atoms with Crippen LogP contribution >= 0.6 is 11.6 Å². The summed E-state index contributed by atoms with van der Waals surface area (Å²) in [6, 6.07) is 10.4. The van der Waals surface area contributed by atoms with E-state index in [1.165, 1.54) is 6.20 Å². The average molecular weight is 441 g/mol. The van der Waals surface area contributed by atoms with Crippen molar-refractivity contribution in [3.63, 3.8) is 0 Å². The first-order valence-corrected chi connectivity index (χ1v) is 10.4. The second kappa shape index (κ2) is 9.18. The number of para-hydroxylation sites is 1. The van der Waals surface area contributed by atoms with Crippen molar-refractivity contribution in [1.82, 2.24) is 10.3 Å². The summed E-state index contributed by atoms with van der Waals surface area (Å²) in [4.78, 5) is 40.5. The lowest BCUT2D eigenvalue weighted by atomic mass is 9.85. The standard InChI is InChI=1S/C22H21ClN4O4/c23-14-7-10-18(24-11-14)26-22(30)20-19(16-3-1-2-4-17(16)31-20)27-21(29)13-5-8-15(9-6-13)25-12-28/h1-4,7,10-13,15H,5-6,8-9H2,(H,25,28)(H,27,29)(H,24,26,30)/t13-,15-. The molecule has 0 unspecified atom stereocenters. The normalized spacial score (nSPS) is 18.4. The van der Waals surface area contributed by atoms with E-state index in [-0.39, 0.29) is 23.6 Å². The van der Waals surface area contributed by atoms with Crippen molar-refractivity contribution in [3.05, 3.63) is 53.4 Å². The molecule has 3 aromatic rings. The van der Waals surface area contributed by atoms with Crippen molar-refractivity contribution in [3.8, 4) is 0 Å². The van der Waals surface area contributed by atoms with Gasteiger partial charge in [0.25, 0.3) is 5.91 Å². The molecule has 0 bridgehead atoms. The van der Waals surface area contributed by atoms with Crippen LogP contribution in [-0.4, -0.2) is 29.3 Å². The fourth-order valence-electron chi connectivity index (χ4n) is 3.80. The third kappa shape index (κ3) is 4.69. The van der Waals surface area contributed by atoms with Crippen LogP contribution in [0.5, 0.6) is 0 Å². The van der Waals surface area contributed by atoms with Crippen molar-refractivity contribution < 1.29 is 18.8 Å². The third-order valence-corrected chi connectivity index (χ3v) is 5.64. The SMILES string of the molecule is O=CN[C@H]1CC[C@H](C(=O)Nc2c(C(=O)Nc3ccc(Cl)cn3)oc3ccccc23)CC1. The fourth-order valence-corrected chi connectivity index (χ4v) is 3.91. The van der Waals surface area contributed by atoms with Gasteiger partial charge in [0.1, 0.15) is 17.1 Å². The van der Waals surface area contributed by atoms with Crippen LogP contribution in [0.15, 0.2) is 47.0 Å². The number of nitrogens with zero attached hydrogens (tertiary/aromatic N) is 1. The Morgan fingerprint density at radius 2 is 1.84 bits per heavy atom. The molecule has 0 saturated heterocycles. The van der Waals surface area contributed by atoms with Crippen LogP contribution in [-0.2, 0) is 9.59 Å².